The lowest BCUT2D eigenvalue weighted by Crippen LogP contribution is -2.57. The fourth-order valence-corrected chi connectivity index (χ4v) is 7.47. The van der Waals surface area contributed by atoms with Crippen LogP contribution in [0.5, 0.6) is 0 Å². The fraction of sp³-hybridized carbons (Fsp3) is 0.633. The molecule has 38 heavy (non-hydrogen) atoms. The average molecular weight is 528 g/mol. The number of carbonyl (C=O) groups is 1. The Morgan fingerprint density at radius 2 is 2.05 bits per heavy atom. The van der Waals surface area contributed by atoms with E-state index in [2.05, 4.69) is 24.8 Å². The van der Waals surface area contributed by atoms with E-state index in [0.717, 1.165) is 5.57 Å². The molecule has 1 saturated heterocycles. The number of carbonyl (C=O) groups excluding carboxylic acids is 1. The van der Waals surface area contributed by atoms with Crippen LogP contribution in [-0.4, -0.2) is 70.1 Å². The molecular weight excluding hydrogens is 486 g/mol. The molecule has 0 unspecified atom stereocenters. The largest absolute Gasteiger partial charge is 0.489 e. The minimum absolute atomic E-state index is 0.113. The minimum Gasteiger partial charge on any atom is -0.489 e. The van der Waals surface area contributed by atoms with Gasteiger partial charge in [0.15, 0.2) is 0 Å². The van der Waals surface area contributed by atoms with Gasteiger partial charge in [-0.15, -0.1) is 0 Å². The van der Waals surface area contributed by atoms with Gasteiger partial charge in [0.25, 0.3) is 0 Å². The van der Waals surface area contributed by atoms with E-state index in [9.17, 15) is 15.0 Å². The number of rotatable bonds is 4. The quantitative estimate of drug-likeness (QED) is 0.457. The van der Waals surface area contributed by atoms with E-state index < -0.39 is 48.2 Å². The van der Waals surface area contributed by atoms with Crippen LogP contribution in [0, 0.1) is 29.6 Å². The molecule has 12 atom stereocenters. The maximum Gasteiger partial charge on any atom is 0.355 e. The van der Waals surface area contributed by atoms with Gasteiger partial charge in [-0.2, -0.15) is 0 Å². The fourth-order valence-electron chi connectivity index (χ4n) is 7.47. The van der Waals surface area contributed by atoms with E-state index in [4.69, 9.17) is 18.9 Å². The van der Waals surface area contributed by atoms with Crippen molar-refractivity contribution < 1.29 is 34.0 Å². The molecule has 0 radical (unpaired) electrons. The van der Waals surface area contributed by atoms with Crippen molar-refractivity contribution in [2.24, 2.45) is 36.6 Å². The molecule has 2 fully saturated rings. The molecule has 208 valence electrons. The predicted molar refractivity (Wildman–Crippen MR) is 141 cm³/mol. The van der Waals surface area contributed by atoms with Gasteiger partial charge in [0.2, 0.25) is 0 Å². The first-order valence-corrected chi connectivity index (χ1v) is 13.6. The van der Waals surface area contributed by atoms with Crippen molar-refractivity contribution in [3.8, 4) is 0 Å². The Bertz CT molecular complexity index is 1140. The van der Waals surface area contributed by atoms with Gasteiger partial charge in [-0.1, -0.05) is 38.7 Å². The van der Waals surface area contributed by atoms with Gasteiger partial charge in [-0.25, -0.2) is 4.79 Å². The molecule has 1 spiro atoms. The molecular formula is C30H41NO7. The summed E-state index contributed by atoms with van der Waals surface area (Å²) in [4.78, 5) is 13.1. The van der Waals surface area contributed by atoms with Crippen molar-refractivity contribution in [1.82, 2.24) is 4.57 Å². The summed E-state index contributed by atoms with van der Waals surface area (Å²) in [6.07, 6.45) is 5.28. The zero-order valence-electron chi connectivity index (χ0n) is 23.1. The lowest BCUT2D eigenvalue weighted by molar-refractivity contribution is -0.108. The molecule has 8 heteroatoms. The second-order valence-electron chi connectivity index (χ2n) is 11.7. The Morgan fingerprint density at radius 1 is 1.32 bits per heavy atom. The van der Waals surface area contributed by atoms with Gasteiger partial charge in [-0.05, 0) is 38.0 Å². The van der Waals surface area contributed by atoms with E-state index in [1.807, 2.05) is 20.8 Å². The van der Waals surface area contributed by atoms with E-state index in [-0.39, 0.29) is 29.6 Å². The van der Waals surface area contributed by atoms with Crippen LogP contribution in [-0.2, 0) is 26.0 Å². The first-order valence-electron chi connectivity index (χ1n) is 13.6. The van der Waals surface area contributed by atoms with E-state index in [1.54, 1.807) is 44.0 Å². The SMILES string of the molecule is C=C1O[C@H]([C@@H](C)O)[C@H](C)/C=C(\C)[C@]23O[C@@H]4[C@H](C=C[C@@H]2C[C@@H]1OC)[C@H]3[C@H](O)[C@@H](C)[C@H]4OC(=O)c1cccn1C. The second-order valence-corrected chi connectivity index (χ2v) is 11.7. The lowest BCUT2D eigenvalue weighted by atomic mass is 9.57. The number of aliphatic hydroxyl groups excluding tert-OH is 2. The van der Waals surface area contributed by atoms with Crippen LogP contribution in [0.1, 0.15) is 44.6 Å². The summed E-state index contributed by atoms with van der Waals surface area (Å²) in [5.41, 5.74) is 0.611. The standard InChI is InChI=1S/C30H41NO7/c1-15-13-16(2)30-20(14-23(35-7)19(5)36-26(15)18(4)32)10-11-21-24(30)25(33)17(3)27(28(21)38-30)37-29(34)22-9-8-12-31(22)6/h8-13,15,17-18,20-21,23-28,32-33H,5,14H2,1-4,6-7H3/b16-13+/t15-,17-,18-,20-,21-,23+,24+,25-,26+,27-,28-,30+/m1/s1. The average Bonchev–Trinajstić information content (AvgIpc) is 3.38. The molecule has 8 nitrogen and oxygen atoms in total. The first-order chi connectivity index (χ1) is 18.0. The third-order valence-corrected chi connectivity index (χ3v) is 9.40. The summed E-state index contributed by atoms with van der Waals surface area (Å²) in [5.74, 6) is -0.906. The highest BCUT2D eigenvalue weighted by atomic mass is 16.6. The number of esters is 1. The molecule has 1 aromatic rings. The number of aliphatic hydroxyl groups is 2. The first kappa shape index (κ1) is 27.2. The van der Waals surface area contributed by atoms with Crippen LogP contribution in [0.2, 0.25) is 0 Å². The lowest BCUT2D eigenvalue weighted by Gasteiger charge is -2.49. The summed E-state index contributed by atoms with van der Waals surface area (Å²) < 4.78 is 26.8. The van der Waals surface area contributed by atoms with Crippen LogP contribution in [0.4, 0.5) is 0 Å². The third-order valence-electron chi connectivity index (χ3n) is 9.40. The van der Waals surface area contributed by atoms with E-state index >= 15 is 0 Å². The van der Waals surface area contributed by atoms with Crippen LogP contribution in [0.25, 0.3) is 0 Å². The summed E-state index contributed by atoms with van der Waals surface area (Å²) in [6.45, 7) is 11.8. The highest BCUT2D eigenvalue weighted by Crippen LogP contribution is 2.61. The van der Waals surface area contributed by atoms with Crippen LogP contribution in [0.15, 0.2) is 54.5 Å². The minimum atomic E-state index is -0.824. The Labute approximate surface area is 224 Å². The molecule has 1 saturated carbocycles. The van der Waals surface area contributed by atoms with Crippen LogP contribution in [0.3, 0.4) is 0 Å². The van der Waals surface area contributed by atoms with Gasteiger partial charge >= 0.3 is 5.97 Å². The molecule has 2 aliphatic heterocycles. The summed E-state index contributed by atoms with van der Waals surface area (Å²) in [6, 6.07) is 3.53. The van der Waals surface area contributed by atoms with Gasteiger partial charge in [0.1, 0.15) is 41.5 Å². The number of aryl methyl sites for hydroxylation is 1. The predicted octanol–water partition coefficient (Wildman–Crippen LogP) is 3.40. The number of nitrogens with zero attached hydrogens (tertiary/aromatic N) is 1. The monoisotopic (exact) mass is 527 g/mol. The highest BCUT2D eigenvalue weighted by molar-refractivity contribution is 5.87. The Morgan fingerprint density at radius 3 is 2.68 bits per heavy atom. The second kappa shape index (κ2) is 9.97. The van der Waals surface area contributed by atoms with E-state index in [0.29, 0.717) is 17.9 Å². The van der Waals surface area contributed by atoms with Gasteiger partial charge < -0.3 is 33.7 Å². The van der Waals surface area contributed by atoms with Crippen molar-refractivity contribution in [2.75, 3.05) is 7.11 Å². The molecule has 1 aromatic heterocycles. The zero-order chi connectivity index (χ0) is 27.5. The van der Waals surface area contributed by atoms with Crippen molar-refractivity contribution in [1.29, 1.82) is 0 Å². The van der Waals surface area contributed by atoms with E-state index in [1.165, 1.54) is 0 Å². The molecule has 2 N–H and O–H groups in total. The zero-order valence-corrected chi connectivity index (χ0v) is 23.1. The molecule has 5 rings (SSSR count). The smallest absolute Gasteiger partial charge is 0.355 e. The Balaban J connectivity index is 1.57. The number of aromatic nitrogens is 1. The van der Waals surface area contributed by atoms with Crippen LogP contribution < -0.4 is 0 Å². The number of hydrogen-bond donors (Lipinski definition) is 2. The summed E-state index contributed by atoms with van der Waals surface area (Å²) in [7, 11) is 3.43. The molecule has 2 aliphatic carbocycles. The topological polar surface area (TPSA) is 99.4 Å². The van der Waals surface area contributed by atoms with Gasteiger partial charge in [-0.3, -0.25) is 0 Å². The molecule has 0 amide bonds. The molecule has 3 heterocycles. The van der Waals surface area contributed by atoms with Crippen molar-refractivity contribution in [3.05, 3.63) is 60.2 Å². The normalized spacial score (nSPS) is 44.4. The number of ether oxygens (including phenoxy) is 4. The van der Waals surface area contributed by atoms with Gasteiger partial charge in [0, 0.05) is 49.9 Å². The number of methoxy groups -OCH3 is 1. The summed E-state index contributed by atoms with van der Waals surface area (Å²) >= 11 is 0. The summed E-state index contributed by atoms with van der Waals surface area (Å²) in [5, 5.41) is 22.3. The van der Waals surface area contributed by atoms with Gasteiger partial charge in [0.05, 0.1) is 12.2 Å². The Kier molecular flexibility index (Phi) is 7.14. The molecule has 0 aromatic carbocycles. The maximum atomic E-state index is 13.1. The molecule has 4 bridgehead atoms. The Hall–Kier alpha value is -2.39. The van der Waals surface area contributed by atoms with Crippen LogP contribution >= 0.6 is 0 Å². The van der Waals surface area contributed by atoms with Crippen molar-refractivity contribution in [2.45, 2.75) is 76.3 Å². The van der Waals surface area contributed by atoms with Crippen molar-refractivity contribution >= 4 is 5.97 Å². The number of hydrogen-bond acceptors (Lipinski definition) is 7. The highest BCUT2D eigenvalue weighted by Gasteiger charge is 2.69. The third kappa shape index (κ3) is 4.08. The molecule has 4 aliphatic rings. The maximum absolute atomic E-state index is 13.1. The van der Waals surface area contributed by atoms with Crippen molar-refractivity contribution in [3.63, 3.8) is 0 Å².